The van der Waals surface area contributed by atoms with E-state index < -0.39 is 11.7 Å². The number of likely N-dealkylation sites (tertiary alicyclic amines) is 1. The van der Waals surface area contributed by atoms with Crippen LogP contribution in [-0.2, 0) is 15.7 Å². The molecule has 0 spiro atoms. The number of nitrogens with zero attached hydrogens (tertiary/aromatic N) is 4. The molecule has 194 valence electrons. The van der Waals surface area contributed by atoms with Gasteiger partial charge in [-0.25, -0.2) is 4.68 Å². The second-order valence-corrected chi connectivity index (χ2v) is 10.0. The number of hydrogen-bond donors (Lipinski definition) is 0. The smallest absolute Gasteiger partial charge is 0.416 e. The normalized spacial score (nSPS) is 20.1. The monoisotopic (exact) mass is 502 g/mol. The molecule has 0 amide bonds. The fourth-order valence-corrected chi connectivity index (χ4v) is 5.16. The second-order valence-electron chi connectivity index (χ2n) is 10.0. The van der Waals surface area contributed by atoms with Crippen molar-refractivity contribution in [3.8, 4) is 0 Å². The molecule has 2 heterocycles. The highest BCUT2D eigenvalue weighted by atomic mass is 19.4. The molecule has 1 saturated heterocycles. The molecular weight excluding hydrogens is 469 g/mol. The van der Waals surface area contributed by atoms with Gasteiger partial charge in [0.25, 0.3) is 0 Å². The van der Waals surface area contributed by atoms with Crippen LogP contribution in [0.25, 0.3) is 11.0 Å². The van der Waals surface area contributed by atoms with Gasteiger partial charge in [-0.1, -0.05) is 43.3 Å². The molecule has 1 aliphatic heterocycles. The number of ether oxygens (including phenoxy) is 1. The molecule has 0 radical (unpaired) electrons. The molecule has 9 heteroatoms. The third kappa shape index (κ3) is 5.88. The van der Waals surface area contributed by atoms with Crippen LogP contribution in [0.5, 0.6) is 0 Å². The van der Waals surface area contributed by atoms with Crippen LogP contribution in [0.1, 0.15) is 69.3 Å². The summed E-state index contributed by atoms with van der Waals surface area (Å²) in [6.07, 6.45) is -0.999. The summed E-state index contributed by atoms with van der Waals surface area (Å²) in [7, 11) is 1.38. The maximum Gasteiger partial charge on any atom is 0.416 e. The van der Waals surface area contributed by atoms with Gasteiger partial charge in [-0.3, -0.25) is 9.69 Å². The highest BCUT2D eigenvalue weighted by molar-refractivity contribution is 5.74. The highest BCUT2D eigenvalue weighted by Gasteiger charge is 2.37. The number of alkyl halides is 3. The van der Waals surface area contributed by atoms with Gasteiger partial charge in [-0.05, 0) is 67.3 Å². The lowest BCUT2D eigenvalue weighted by atomic mass is 9.84. The Labute approximate surface area is 209 Å². The van der Waals surface area contributed by atoms with Crippen LogP contribution in [-0.4, -0.2) is 39.5 Å². The maximum atomic E-state index is 13.2. The average Bonchev–Trinajstić information content (AvgIpc) is 3.28. The Morgan fingerprint density at radius 2 is 1.83 bits per heavy atom. The lowest BCUT2D eigenvalue weighted by molar-refractivity contribution is -0.142. The van der Waals surface area contributed by atoms with E-state index in [-0.39, 0.29) is 24.1 Å². The fraction of sp³-hybridized carbons (Fsp3) is 0.519. The first-order valence-corrected chi connectivity index (χ1v) is 12.5. The number of benzene rings is 2. The summed E-state index contributed by atoms with van der Waals surface area (Å²) in [5, 5.41) is 8.87. The average molecular weight is 503 g/mol. The van der Waals surface area contributed by atoms with E-state index in [1.54, 1.807) is 12.1 Å². The Balaban J connectivity index is 1.72. The van der Waals surface area contributed by atoms with Crippen molar-refractivity contribution in [2.24, 2.45) is 11.8 Å². The van der Waals surface area contributed by atoms with Crippen molar-refractivity contribution in [1.82, 2.24) is 19.9 Å². The number of piperidine rings is 1. The predicted octanol–water partition coefficient (Wildman–Crippen LogP) is 6.40. The lowest BCUT2D eigenvalue weighted by Crippen LogP contribution is -2.42. The van der Waals surface area contributed by atoms with Crippen molar-refractivity contribution in [2.45, 2.75) is 64.3 Å². The minimum absolute atomic E-state index is 0.0826. The van der Waals surface area contributed by atoms with Crippen molar-refractivity contribution in [3.63, 3.8) is 0 Å². The number of carbonyl (C=O) groups excluding carboxylic acids is 1. The van der Waals surface area contributed by atoms with Gasteiger partial charge in [0.05, 0.1) is 18.2 Å². The van der Waals surface area contributed by atoms with Crippen LogP contribution in [0.3, 0.4) is 0 Å². The Kier molecular flexibility index (Phi) is 7.97. The third-order valence-electron chi connectivity index (χ3n) is 7.10. The number of para-hydroxylation sites is 1. The minimum Gasteiger partial charge on any atom is -0.469 e. The topological polar surface area (TPSA) is 60.2 Å². The molecule has 3 atom stereocenters. The van der Waals surface area contributed by atoms with E-state index in [4.69, 9.17) is 4.74 Å². The summed E-state index contributed by atoms with van der Waals surface area (Å²) in [6, 6.07) is 13.1. The van der Waals surface area contributed by atoms with Crippen LogP contribution in [0.15, 0.2) is 48.5 Å². The van der Waals surface area contributed by atoms with E-state index in [1.165, 1.54) is 7.11 Å². The van der Waals surface area contributed by atoms with E-state index in [9.17, 15) is 18.0 Å². The fourth-order valence-electron chi connectivity index (χ4n) is 5.16. The van der Waals surface area contributed by atoms with Crippen LogP contribution in [0.4, 0.5) is 13.2 Å². The van der Waals surface area contributed by atoms with Crippen molar-refractivity contribution in [3.05, 3.63) is 59.7 Å². The Morgan fingerprint density at radius 3 is 2.50 bits per heavy atom. The maximum absolute atomic E-state index is 13.2. The summed E-state index contributed by atoms with van der Waals surface area (Å²) in [6.45, 7) is 5.03. The quantitative estimate of drug-likeness (QED) is 0.334. The van der Waals surface area contributed by atoms with Crippen molar-refractivity contribution < 1.29 is 22.7 Å². The highest BCUT2D eigenvalue weighted by Crippen LogP contribution is 2.42. The molecule has 0 bridgehead atoms. The van der Waals surface area contributed by atoms with Crippen molar-refractivity contribution in [2.75, 3.05) is 13.7 Å². The molecule has 1 aromatic heterocycles. The number of hydrogen-bond acceptors (Lipinski definition) is 5. The Bertz CT molecular complexity index is 1160. The van der Waals surface area contributed by atoms with E-state index >= 15 is 0 Å². The van der Waals surface area contributed by atoms with Gasteiger partial charge < -0.3 is 4.74 Å². The number of esters is 1. The second kappa shape index (κ2) is 11.0. The van der Waals surface area contributed by atoms with E-state index in [1.807, 2.05) is 28.9 Å². The van der Waals surface area contributed by atoms with Gasteiger partial charge >= 0.3 is 12.1 Å². The van der Waals surface area contributed by atoms with Crippen LogP contribution in [0, 0.1) is 11.8 Å². The van der Waals surface area contributed by atoms with Crippen molar-refractivity contribution >= 4 is 17.0 Å². The number of halogens is 3. The zero-order chi connectivity index (χ0) is 25.9. The molecule has 1 aliphatic rings. The van der Waals surface area contributed by atoms with E-state index in [0.29, 0.717) is 25.3 Å². The minimum atomic E-state index is -4.39. The molecule has 1 fully saturated rings. The van der Waals surface area contributed by atoms with Gasteiger partial charge in [0.1, 0.15) is 11.7 Å². The summed E-state index contributed by atoms with van der Waals surface area (Å²) in [5.41, 5.74) is 1.86. The van der Waals surface area contributed by atoms with Gasteiger partial charge in [0.2, 0.25) is 0 Å². The number of aromatic nitrogens is 3. The third-order valence-corrected chi connectivity index (χ3v) is 7.10. The first kappa shape index (κ1) is 26.1. The van der Waals surface area contributed by atoms with Gasteiger partial charge in [0.15, 0.2) is 0 Å². The zero-order valence-corrected chi connectivity index (χ0v) is 20.9. The van der Waals surface area contributed by atoms with E-state index in [0.717, 1.165) is 48.0 Å². The number of methoxy groups -OCH3 is 1. The first-order chi connectivity index (χ1) is 17.2. The number of fused-ring (bicyclic) bond motifs is 1. The number of carbonyl (C=O) groups is 1. The molecule has 0 aliphatic carbocycles. The predicted molar refractivity (Wildman–Crippen MR) is 131 cm³/mol. The van der Waals surface area contributed by atoms with Gasteiger partial charge in [-0.15, -0.1) is 5.10 Å². The summed E-state index contributed by atoms with van der Waals surface area (Å²) >= 11 is 0. The molecule has 4 rings (SSSR count). The zero-order valence-electron chi connectivity index (χ0n) is 20.9. The van der Waals surface area contributed by atoms with Gasteiger partial charge in [-0.2, -0.15) is 13.2 Å². The standard InChI is InChI=1S/C27H33F3N4O2/c1-18(2)8-13-25(34-23-7-5-4-6-22(23)31-32-34)33-15-14-19(17-26(35)36-3)16-24(33)20-9-11-21(12-10-20)27(28,29)30/h4-7,9-12,18-19,24-25H,8,13-17H2,1-3H3/t19-,24+,25-/m1/s1. The van der Waals surface area contributed by atoms with Crippen LogP contribution in [0.2, 0.25) is 0 Å². The molecule has 0 saturated carbocycles. The summed E-state index contributed by atoms with van der Waals surface area (Å²) < 4.78 is 46.6. The molecule has 0 N–H and O–H groups in total. The van der Waals surface area contributed by atoms with Gasteiger partial charge in [0, 0.05) is 19.0 Å². The number of rotatable bonds is 8. The van der Waals surface area contributed by atoms with Crippen molar-refractivity contribution in [1.29, 1.82) is 0 Å². The largest absolute Gasteiger partial charge is 0.469 e. The van der Waals surface area contributed by atoms with E-state index in [2.05, 4.69) is 29.1 Å². The van der Waals surface area contributed by atoms with Crippen LogP contribution >= 0.6 is 0 Å². The molecule has 2 aromatic carbocycles. The molecular formula is C27H33F3N4O2. The first-order valence-electron chi connectivity index (χ1n) is 12.5. The Hall–Kier alpha value is -2.94. The summed E-state index contributed by atoms with van der Waals surface area (Å²) in [4.78, 5) is 14.4. The summed E-state index contributed by atoms with van der Waals surface area (Å²) in [5.74, 6) is 0.293. The lowest BCUT2D eigenvalue weighted by Gasteiger charge is -2.44. The van der Waals surface area contributed by atoms with Crippen LogP contribution < -0.4 is 0 Å². The Morgan fingerprint density at radius 1 is 1.11 bits per heavy atom. The molecule has 0 unspecified atom stereocenters. The molecule has 6 nitrogen and oxygen atoms in total. The molecule has 36 heavy (non-hydrogen) atoms. The SMILES string of the molecule is COC(=O)C[C@@H]1CCN([C@@H](CCC(C)C)n2nnc3ccccc32)[C@H](c2ccc(C(F)(F)F)cc2)C1. The molecule has 3 aromatic rings.